The number of rotatable bonds is 2. The molecule has 1 saturated heterocycles. The monoisotopic (exact) mass is 256 g/mol. The molecule has 3 N–H and O–H groups in total. The number of ether oxygens (including phenoxy) is 1. The van der Waals surface area contributed by atoms with Crippen LogP contribution in [0.3, 0.4) is 0 Å². The maximum Gasteiger partial charge on any atom is 0.407 e. The zero-order valence-corrected chi connectivity index (χ0v) is 10.9. The van der Waals surface area contributed by atoms with Gasteiger partial charge in [0.25, 0.3) is 0 Å². The first-order chi connectivity index (χ1) is 8.21. The topological polar surface area (TPSA) is 97.6 Å². The lowest BCUT2D eigenvalue weighted by Gasteiger charge is -2.23. The lowest BCUT2D eigenvalue weighted by Crippen LogP contribution is -2.43. The summed E-state index contributed by atoms with van der Waals surface area (Å²) >= 11 is 0. The van der Waals surface area contributed by atoms with Gasteiger partial charge in [-0.3, -0.25) is 4.79 Å². The number of carbonyl (C=O) groups excluding carboxylic acids is 1. The Labute approximate surface area is 106 Å². The average Bonchev–Trinajstić information content (AvgIpc) is 2.79. The third-order valence-electron chi connectivity index (χ3n) is 3.40. The summed E-state index contributed by atoms with van der Waals surface area (Å²) in [5.74, 6) is -1.39. The van der Waals surface area contributed by atoms with Crippen LogP contribution in [0.15, 0.2) is 0 Å². The van der Waals surface area contributed by atoms with Crippen LogP contribution in [0.25, 0.3) is 0 Å². The first-order valence-corrected chi connectivity index (χ1v) is 6.18. The molecule has 2 rings (SSSR count). The number of carboxylic acid groups (broad SMARTS) is 1. The molecule has 18 heavy (non-hydrogen) atoms. The van der Waals surface area contributed by atoms with Crippen molar-refractivity contribution in [1.29, 1.82) is 0 Å². The van der Waals surface area contributed by atoms with Gasteiger partial charge in [-0.05, 0) is 33.6 Å². The molecule has 3 atom stereocenters. The second kappa shape index (κ2) is 4.12. The van der Waals surface area contributed by atoms with Crippen LogP contribution in [0.2, 0.25) is 0 Å². The van der Waals surface area contributed by atoms with Crippen molar-refractivity contribution in [3.63, 3.8) is 0 Å². The number of alkyl carbamates (subject to hydrolysis) is 1. The highest BCUT2D eigenvalue weighted by Crippen LogP contribution is 2.41. The SMILES string of the molecule is CC(C)(C)OC(=O)NC1CC2(CN2)CC1C(=O)O. The molecule has 1 amide bonds. The van der Waals surface area contributed by atoms with Gasteiger partial charge in [0.1, 0.15) is 5.60 Å². The second-order valence-corrected chi connectivity index (χ2v) is 6.24. The molecule has 0 radical (unpaired) electrons. The van der Waals surface area contributed by atoms with Gasteiger partial charge in [0.05, 0.1) is 5.92 Å². The Morgan fingerprint density at radius 2 is 2.00 bits per heavy atom. The molecule has 0 aromatic rings. The zero-order valence-electron chi connectivity index (χ0n) is 10.9. The predicted molar refractivity (Wildman–Crippen MR) is 64.3 cm³/mol. The van der Waals surface area contributed by atoms with E-state index in [1.807, 2.05) is 0 Å². The van der Waals surface area contributed by atoms with Gasteiger partial charge in [0.2, 0.25) is 0 Å². The summed E-state index contributed by atoms with van der Waals surface area (Å²) in [6, 6.07) is -0.354. The minimum atomic E-state index is -0.860. The van der Waals surface area contributed by atoms with Crippen molar-refractivity contribution in [3.8, 4) is 0 Å². The number of aliphatic carboxylic acids is 1. The molecule has 1 spiro atoms. The van der Waals surface area contributed by atoms with Gasteiger partial charge < -0.3 is 20.5 Å². The van der Waals surface area contributed by atoms with Crippen molar-refractivity contribution < 1.29 is 19.4 Å². The Bertz CT molecular complexity index is 371. The molecule has 0 aromatic carbocycles. The van der Waals surface area contributed by atoms with E-state index >= 15 is 0 Å². The van der Waals surface area contributed by atoms with Gasteiger partial charge in [-0.25, -0.2) is 4.79 Å². The fourth-order valence-corrected chi connectivity index (χ4v) is 2.49. The number of nitrogens with one attached hydrogen (secondary N) is 2. The van der Waals surface area contributed by atoms with E-state index in [0.717, 1.165) is 6.54 Å². The molecule has 2 fully saturated rings. The Balaban J connectivity index is 1.95. The molecule has 6 nitrogen and oxygen atoms in total. The summed E-state index contributed by atoms with van der Waals surface area (Å²) in [5.41, 5.74) is -0.639. The van der Waals surface area contributed by atoms with Crippen molar-refractivity contribution in [3.05, 3.63) is 0 Å². The van der Waals surface area contributed by atoms with Gasteiger partial charge in [-0.15, -0.1) is 0 Å². The normalized spacial score (nSPS) is 34.4. The molecule has 102 valence electrons. The van der Waals surface area contributed by atoms with Gasteiger partial charge >= 0.3 is 12.1 Å². The van der Waals surface area contributed by atoms with Crippen LogP contribution in [0.4, 0.5) is 4.79 Å². The van der Waals surface area contributed by atoms with E-state index in [0.29, 0.717) is 12.8 Å². The van der Waals surface area contributed by atoms with E-state index in [2.05, 4.69) is 10.6 Å². The summed E-state index contributed by atoms with van der Waals surface area (Å²) in [7, 11) is 0. The first-order valence-electron chi connectivity index (χ1n) is 6.18. The van der Waals surface area contributed by atoms with Gasteiger partial charge in [-0.1, -0.05) is 0 Å². The van der Waals surface area contributed by atoms with E-state index < -0.39 is 23.6 Å². The number of carbonyl (C=O) groups is 2. The van der Waals surface area contributed by atoms with Crippen LogP contribution in [-0.2, 0) is 9.53 Å². The van der Waals surface area contributed by atoms with Crippen LogP contribution in [0.1, 0.15) is 33.6 Å². The summed E-state index contributed by atoms with van der Waals surface area (Å²) < 4.78 is 5.15. The zero-order chi connectivity index (χ0) is 13.6. The molecule has 0 bridgehead atoms. The minimum absolute atomic E-state index is 0.0667. The van der Waals surface area contributed by atoms with Crippen LogP contribution in [0.5, 0.6) is 0 Å². The molecule has 1 aliphatic heterocycles. The molecular weight excluding hydrogens is 236 g/mol. The molecule has 1 saturated carbocycles. The maximum atomic E-state index is 11.7. The number of amides is 1. The minimum Gasteiger partial charge on any atom is -0.481 e. The van der Waals surface area contributed by atoms with E-state index in [-0.39, 0.29) is 11.6 Å². The van der Waals surface area contributed by atoms with Crippen molar-refractivity contribution in [2.24, 2.45) is 5.92 Å². The standard InChI is InChI=1S/C12H20N2O4/c1-11(2,3)18-10(17)14-8-5-12(6-13-12)4-7(8)9(15)16/h7-8,13H,4-6H2,1-3H3,(H,14,17)(H,15,16). The van der Waals surface area contributed by atoms with Crippen LogP contribution in [-0.4, -0.2) is 40.9 Å². The highest BCUT2D eigenvalue weighted by atomic mass is 16.6. The van der Waals surface area contributed by atoms with Crippen molar-refractivity contribution >= 4 is 12.1 Å². The van der Waals surface area contributed by atoms with Crippen molar-refractivity contribution in [2.45, 2.75) is 50.8 Å². The molecule has 6 heteroatoms. The first kappa shape index (κ1) is 13.1. The summed E-state index contributed by atoms with van der Waals surface area (Å²) in [6.45, 7) is 6.17. The van der Waals surface area contributed by atoms with E-state index in [4.69, 9.17) is 9.84 Å². The fourth-order valence-electron chi connectivity index (χ4n) is 2.49. The lowest BCUT2D eigenvalue weighted by atomic mass is 10.0. The third kappa shape index (κ3) is 2.93. The number of hydrogen-bond donors (Lipinski definition) is 3. The lowest BCUT2D eigenvalue weighted by molar-refractivity contribution is -0.142. The van der Waals surface area contributed by atoms with Gasteiger partial charge in [0, 0.05) is 18.1 Å². The Morgan fingerprint density at radius 3 is 2.44 bits per heavy atom. The average molecular weight is 256 g/mol. The Hall–Kier alpha value is -1.30. The van der Waals surface area contributed by atoms with Crippen LogP contribution < -0.4 is 10.6 Å². The van der Waals surface area contributed by atoms with E-state index in [9.17, 15) is 9.59 Å². The Kier molecular flexibility index (Phi) is 3.01. The highest BCUT2D eigenvalue weighted by Gasteiger charge is 2.55. The van der Waals surface area contributed by atoms with E-state index in [1.165, 1.54) is 0 Å². The largest absolute Gasteiger partial charge is 0.481 e. The molecule has 2 aliphatic rings. The maximum absolute atomic E-state index is 11.7. The fraction of sp³-hybridized carbons (Fsp3) is 0.833. The van der Waals surface area contributed by atoms with Crippen molar-refractivity contribution in [1.82, 2.24) is 10.6 Å². The van der Waals surface area contributed by atoms with Crippen molar-refractivity contribution in [2.75, 3.05) is 6.54 Å². The van der Waals surface area contributed by atoms with Gasteiger partial charge in [0.15, 0.2) is 0 Å². The summed E-state index contributed by atoms with van der Waals surface area (Å²) in [5, 5.41) is 15.0. The molecule has 1 aliphatic carbocycles. The smallest absolute Gasteiger partial charge is 0.407 e. The molecule has 3 unspecified atom stereocenters. The number of hydrogen-bond acceptors (Lipinski definition) is 4. The second-order valence-electron chi connectivity index (χ2n) is 6.24. The molecular formula is C12H20N2O4. The van der Waals surface area contributed by atoms with Crippen LogP contribution >= 0.6 is 0 Å². The summed E-state index contributed by atoms with van der Waals surface area (Å²) in [6.07, 6.45) is 0.683. The molecule has 1 heterocycles. The van der Waals surface area contributed by atoms with Gasteiger partial charge in [-0.2, -0.15) is 0 Å². The quantitative estimate of drug-likeness (QED) is 0.632. The summed E-state index contributed by atoms with van der Waals surface area (Å²) in [4.78, 5) is 22.8. The predicted octanol–water partition coefficient (Wildman–Crippen LogP) is 0.716. The van der Waals surface area contributed by atoms with Crippen LogP contribution in [0, 0.1) is 5.92 Å². The van der Waals surface area contributed by atoms with E-state index in [1.54, 1.807) is 20.8 Å². The highest BCUT2D eigenvalue weighted by molar-refractivity contribution is 5.74. The number of carboxylic acids is 1. The Morgan fingerprint density at radius 1 is 1.39 bits per heavy atom. The third-order valence-corrected chi connectivity index (χ3v) is 3.40. The molecule has 0 aromatic heterocycles.